The fourth-order valence-corrected chi connectivity index (χ4v) is 0.850. The van der Waals surface area contributed by atoms with Gasteiger partial charge in [-0.2, -0.15) is 0 Å². The molecule has 6 heteroatoms. The Bertz CT molecular complexity index is 173. The zero-order chi connectivity index (χ0) is 9.56. The quantitative estimate of drug-likeness (QED) is 0.705. The first-order chi connectivity index (χ1) is 5.54. The van der Waals surface area contributed by atoms with Gasteiger partial charge in [-0.15, -0.1) is 24.8 Å². The monoisotopic (exact) mass is 246 g/mol. The first-order valence-electron chi connectivity index (χ1n) is 3.98. The molecule has 0 aromatic rings. The van der Waals surface area contributed by atoms with Crippen LogP contribution in [0.15, 0.2) is 0 Å². The van der Waals surface area contributed by atoms with E-state index in [0.29, 0.717) is 19.3 Å². The van der Waals surface area contributed by atoms with E-state index in [2.05, 4.69) is 0 Å². The van der Waals surface area contributed by atoms with Crippen LogP contribution in [0.5, 0.6) is 0 Å². The molecule has 0 bridgehead atoms. The van der Waals surface area contributed by atoms with Crippen molar-refractivity contribution in [1.82, 2.24) is 0 Å². The number of unbranched alkanes of at least 4 members (excludes halogenated alkanes) is 1. The van der Waals surface area contributed by atoms with Crippen LogP contribution in [0.4, 0.5) is 0 Å². The normalized spacial score (nSPS) is 10.6. The number of carboxylic acids is 2. The Kier molecular flexibility index (Phi) is 14.5. The highest BCUT2D eigenvalue weighted by Crippen LogP contribution is 2.08. The van der Waals surface area contributed by atoms with E-state index in [1.54, 1.807) is 6.92 Å². The molecule has 1 unspecified atom stereocenters. The molecule has 0 aromatic carbocycles. The second-order valence-electron chi connectivity index (χ2n) is 2.88. The molecule has 0 saturated carbocycles. The largest absolute Gasteiger partial charge is 0.481 e. The number of hydrogen-bond donors (Lipinski definition) is 2. The lowest BCUT2D eigenvalue weighted by atomic mass is 10.0. The molecule has 86 valence electrons. The van der Waals surface area contributed by atoms with E-state index in [9.17, 15) is 9.59 Å². The van der Waals surface area contributed by atoms with Gasteiger partial charge in [-0.1, -0.05) is 13.3 Å². The summed E-state index contributed by atoms with van der Waals surface area (Å²) < 4.78 is 0. The minimum absolute atomic E-state index is 0. The number of hydrogen-bond acceptors (Lipinski definition) is 2. The smallest absolute Gasteiger partial charge is 0.306 e. The SMILES string of the molecule is CC(CCCCC(=O)O)C(=O)O.Cl.Cl. The third-order valence-corrected chi connectivity index (χ3v) is 1.70. The highest BCUT2D eigenvalue weighted by molar-refractivity contribution is 5.85. The maximum absolute atomic E-state index is 10.3. The van der Waals surface area contributed by atoms with Crippen LogP contribution >= 0.6 is 24.8 Å². The molecule has 4 nitrogen and oxygen atoms in total. The zero-order valence-electron chi connectivity index (χ0n) is 7.93. The maximum atomic E-state index is 10.3. The topological polar surface area (TPSA) is 74.6 Å². The van der Waals surface area contributed by atoms with Gasteiger partial charge in [-0.3, -0.25) is 9.59 Å². The molecule has 0 rings (SSSR count). The highest BCUT2D eigenvalue weighted by atomic mass is 35.5. The van der Waals surface area contributed by atoms with Crippen molar-refractivity contribution in [3.8, 4) is 0 Å². The molecule has 1 atom stereocenters. The van der Waals surface area contributed by atoms with Crippen molar-refractivity contribution in [2.24, 2.45) is 5.92 Å². The number of halogens is 2. The standard InChI is InChI=1S/C8H14O4.2ClH/c1-6(8(11)12)4-2-3-5-7(9)10;;/h6H,2-5H2,1H3,(H,9,10)(H,11,12);2*1H. The molecule has 0 fully saturated rings. The van der Waals surface area contributed by atoms with Crippen LogP contribution in [0.1, 0.15) is 32.6 Å². The summed E-state index contributed by atoms with van der Waals surface area (Å²) in [4.78, 5) is 20.4. The van der Waals surface area contributed by atoms with E-state index in [-0.39, 0.29) is 37.2 Å². The van der Waals surface area contributed by atoms with Gasteiger partial charge in [-0.25, -0.2) is 0 Å². The minimum Gasteiger partial charge on any atom is -0.481 e. The van der Waals surface area contributed by atoms with Crippen LogP contribution in [-0.4, -0.2) is 22.2 Å². The second kappa shape index (κ2) is 10.6. The summed E-state index contributed by atoms with van der Waals surface area (Å²) in [6, 6.07) is 0. The van der Waals surface area contributed by atoms with Gasteiger partial charge in [-0.05, 0) is 12.8 Å². The van der Waals surface area contributed by atoms with Gasteiger partial charge in [0.05, 0.1) is 5.92 Å². The summed E-state index contributed by atoms with van der Waals surface area (Å²) in [5.74, 6) is -2.00. The molecule has 0 saturated heterocycles. The van der Waals surface area contributed by atoms with Gasteiger partial charge in [0, 0.05) is 6.42 Å². The Morgan fingerprint density at radius 3 is 2.00 bits per heavy atom. The summed E-state index contributed by atoms with van der Waals surface area (Å²) in [5.41, 5.74) is 0. The van der Waals surface area contributed by atoms with E-state index < -0.39 is 11.9 Å². The van der Waals surface area contributed by atoms with Gasteiger partial charge in [0.25, 0.3) is 0 Å². The van der Waals surface area contributed by atoms with Crippen LogP contribution in [0.2, 0.25) is 0 Å². The van der Waals surface area contributed by atoms with Crippen molar-refractivity contribution < 1.29 is 19.8 Å². The molecule has 0 aliphatic rings. The van der Waals surface area contributed by atoms with Crippen LogP contribution < -0.4 is 0 Å². The van der Waals surface area contributed by atoms with Crippen molar-refractivity contribution in [2.75, 3.05) is 0 Å². The Morgan fingerprint density at radius 1 is 1.14 bits per heavy atom. The highest BCUT2D eigenvalue weighted by Gasteiger charge is 2.09. The van der Waals surface area contributed by atoms with Gasteiger partial charge in [0.1, 0.15) is 0 Å². The zero-order valence-corrected chi connectivity index (χ0v) is 9.57. The molecule has 14 heavy (non-hydrogen) atoms. The predicted molar refractivity (Wildman–Crippen MR) is 57.4 cm³/mol. The third kappa shape index (κ3) is 11.5. The predicted octanol–water partition coefficient (Wildman–Crippen LogP) is 2.20. The first kappa shape index (κ1) is 19.1. The van der Waals surface area contributed by atoms with Gasteiger partial charge in [0.15, 0.2) is 0 Å². The molecule has 0 amide bonds. The number of carbonyl (C=O) groups is 2. The lowest BCUT2D eigenvalue weighted by Crippen LogP contribution is -2.09. The molecule has 0 aliphatic heterocycles. The second-order valence-corrected chi connectivity index (χ2v) is 2.88. The van der Waals surface area contributed by atoms with Crippen molar-refractivity contribution in [1.29, 1.82) is 0 Å². The Labute approximate surface area is 95.5 Å². The average Bonchev–Trinajstić information content (AvgIpc) is 1.97. The number of rotatable bonds is 6. The first-order valence-corrected chi connectivity index (χ1v) is 3.98. The lowest BCUT2D eigenvalue weighted by Gasteiger charge is -2.03. The van der Waals surface area contributed by atoms with E-state index >= 15 is 0 Å². The maximum Gasteiger partial charge on any atom is 0.306 e. The van der Waals surface area contributed by atoms with E-state index in [1.165, 1.54) is 0 Å². The van der Waals surface area contributed by atoms with Crippen molar-refractivity contribution >= 4 is 36.8 Å². The van der Waals surface area contributed by atoms with Crippen molar-refractivity contribution in [3.05, 3.63) is 0 Å². The van der Waals surface area contributed by atoms with Crippen molar-refractivity contribution in [2.45, 2.75) is 32.6 Å². The van der Waals surface area contributed by atoms with Crippen LogP contribution in [-0.2, 0) is 9.59 Å². The van der Waals surface area contributed by atoms with E-state index in [1.807, 2.05) is 0 Å². The summed E-state index contributed by atoms with van der Waals surface area (Å²) in [6.45, 7) is 1.63. The van der Waals surface area contributed by atoms with Gasteiger partial charge < -0.3 is 10.2 Å². The average molecular weight is 247 g/mol. The molecule has 0 spiro atoms. The fraction of sp³-hybridized carbons (Fsp3) is 0.750. The van der Waals surface area contributed by atoms with Crippen LogP contribution in [0, 0.1) is 5.92 Å². The molecule has 0 radical (unpaired) electrons. The van der Waals surface area contributed by atoms with Gasteiger partial charge >= 0.3 is 11.9 Å². The summed E-state index contributed by atoms with van der Waals surface area (Å²) in [5, 5.41) is 16.7. The summed E-state index contributed by atoms with van der Waals surface area (Å²) in [7, 11) is 0. The fourth-order valence-electron chi connectivity index (χ4n) is 0.850. The minimum atomic E-state index is -0.821. The van der Waals surface area contributed by atoms with Crippen molar-refractivity contribution in [3.63, 3.8) is 0 Å². The Balaban J connectivity index is -0.000000605. The summed E-state index contributed by atoms with van der Waals surface area (Å²) >= 11 is 0. The lowest BCUT2D eigenvalue weighted by molar-refractivity contribution is -0.141. The third-order valence-electron chi connectivity index (χ3n) is 1.70. The molecular formula is C8H16Cl2O4. The van der Waals surface area contributed by atoms with Gasteiger partial charge in [0.2, 0.25) is 0 Å². The number of carboxylic acid groups (broad SMARTS) is 2. The molecular weight excluding hydrogens is 231 g/mol. The Hall–Kier alpha value is -0.480. The molecule has 0 aromatic heterocycles. The summed E-state index contributed by atoms with van der Waals surface area (Å²) in [6.07, 6.45) is 1.92. The van der Waals surface area contributed by atoms with E-state index in [4.69, 9.17) is 10.2 Å². The molecule has 2 N–H and O–H groups in total. The number of aliphatic carboxylic acids is 2. The van der Waals surface area contributed by atoms with Crippen LogP contribution in [0.25, 0.3) is 0 Å². The Morgan fingerprint density at radius 2 is 1.64 bits per heavy atom. The molecule has 0 aliphatic carbocycles. The molecule has 0 heterocycles. The van der Waals surface area contributed by atoms with E-state index in [0.717, 1.165) is 0 Å². The van der Waals surface area contributed by atoms with Crippen LogP contribution in [0.3, 0.4) is 0 Å².